The Morgan fingerprint density at radius 1 is 1.36 bits per heavy atom. The molecule has 0 fully saturated rings. The zero-order chi connectivity index (χ0) is 17.4. The molecule has 3 heterocycles. The van der Waals surface area contributed by atoms with Gasteiger partial charge < -0.3 is 9.73 Å². The fourth-order valence-corrected chi connectivity index (χ4v) is 4.00. The van der Waals surface area contributed by atoms with Crippen molar-refractivity contribution in [3.63, 3.8) is 0 Å². The van der Waals surface area contributed by atoms with Gasteiger partial charge in [0.05, 0.1) is 6.04 Å². The van der Waals surface area contributed by atoms with E-state index in [9.17, 15) is 9.18 Å². The predicted octanol–water partition coefficient (Wildman–Crippen LogP) is 4.08. The first-order valence-corrected chi connectivity index (χ1v) is 8.94. The number of amides is 1. The van der Waals surface area contributed by atoms with Crippen molar-refractivity contribution in [2.45, 2.75) is 24.3 Å². The number of rotatable bonds is 3. The first-order valence-electron chi connectivity index (χ1n) is 7.95. The fraction of sp³-hybridized carbons (Fsp3) is 0.222. The molecule has 128 valence electrons. The van der Waals surface area contributed by atoms with Crippen LogP contribution in [0.2, 0.25) is 0 Å². The molecule has 2 N–H and O–H groups in total. The van der Waals surface area contributed by atoms with Crippen LogP contribution in [0.5, 0.6) is 0 Å². The average Bonchev–Trinajstić information content (AvgIpc) is 3.24. The molecule has 1 atom stereocenters. The highest BCUT2D eigenvalue weighted by molar-refractivity contribution is 7.99. The predicted molar refractivity (Wildman–Crippen MR) is 93.0 cm³/mol. The number of carbonyl (C=O) groups excluding carboxylic acids is 1. The zero-order valence-corrected chi connectivity index (χ0v) is 14.3. The second-order valence-corrected chi connectivity index (χ2v) is 7.06. The Hall–Kier alpha value is -2.54. The van der Waals surface area contributed by atoms with Crippen LogP contribution in [-0.2, 0) is 0 Å². The first-order chi connectivity index (χ1) is 12.1. The number of halogens is 1. The van der Waals surface area contributed by atoms with Crippen LogP contribution in [0.3, 0.4) is 0 Å². The lowest BCUT2D eigenvalue weighted by Crippen LogP contribution is -2.31. The Kier molecular flexibility index (Phi) is 4.09. The quantitative estimate of drug-likeness (QED) is 0.741. The van der Waals surface area contributed by atoms with E-state index < -0.39 is 0 Å². The van der Waals surface area contributed by atoms with E-state index in [0.717, 1.165) is 28.4 Å². The number of H-pyrrole nitrogens is 1. The summed E-state index contributed by atoms with van der Waals surface area (Å²) < 4.78 is 19.1. The molecule has 25 heavy (non-hydrogen) atoms. The molecule has 1 aliphatic rings. The van der Waals surface area contributed by atoms with Crippen molar-refractivity contribution >= 4 is 17.7 Å². The van der Waals surface area contributed by atoms with Crippen molar-refractivity contribution in [3.05, 3.63) is 59.2 Å². The topological polar surface area (TPSA) is 70.9 Å². The normalized spacial score (nSPS) is 16.5. The van der Waals surface area contributed by atoms with E-state index in [-0.39, 0.29) is 23.5 Å². The molecule has 1 aliphatic heterocycles. The molecule has 7 heteroatoms. The number of carbonyl (C=O) groups is 1. The van der Waals surface area contributed by atoms with Crippen molar-refractivity contribution in [1.82, 2.24) is 15.5 Å². The monoisotopic (exact) mass is 357 g/mol. The summed E-state index contributed by atoms with van der Waals surface area (Å²) in [5, 5.41) is 9.83. The highest BCUT2D eigenvalue weighted by Gasteiger charge is 2.24. The molecule has 0 saturated carbocycles. The van der Waals surface area contributed by atoms with Gasteiger partial charge in [0.2, 0.25) is 0 Å². The minimum Gasteiger partial charge on any atom is -0.460 e. The smallest absolute Gasteiger partial charge is 0.272 e. The number of benzene rings is 1. The molecule has 2 aromatic heterocycles. The lowest BCUT2D eigenvalue weighted by molar-refractivity contribution is 0.0930. The maximum atomic E-state index is 13.6. The number of nitrogens with one attached hydrogen (secondary N) is 2. The van der Waals surface area contributed by atoms with E-state index in [0.29, 0.717) is 11.5 Å². The minimum absolute atomic E-state index is 0.217. The number of fused-ring (bicyclic) bond motifs is 1. The molecule has 5 nitrogen and oxygen atoms in total. The van der Waals surface area contributed by atoms with Crippen LogP contribution >= 0.6 is 11.8 Å². The Labute approximate surface area is 148 Å². The van der Waals surface area contributed by atoms with Gasteiger partial charge in [-0.25, -0.2) is 4.39 Å². The highest BCUT2D eigenvalue weighted by atomic mass is 32.2. The second-order valence-electron chi connectivity index (χ2n) is 5.92. The standard InChI is InChI=1S/C18H16FN3O2S/c1-10-2-4-16(24-10)14-9-15(22-21-14)18(23)20-13-6-7-25-17-5-3-11(19)8-12(13)17/h2-5,8-9,13H,6-7H2,1H3,(H,20,23)(H,21,22). The summed E-state index contributed by atoms with van der Waals surface area (Å²) in [5.74, 6) is 1.70. The first kappa shape index (κ1) is 16.0. The minimum atomic E-state index is -0.296. The van der Waals surface area contributed by atoms with Crippen LogP contribution in [0.4, 0.5) is 4.39 Å². The van der Waals surface area contributed by atoms with Gasteiger partial charge in [-0.3, -0.25) is 9.89 Å². The molecule has 0 spiro atoms. The number of hydrogen-bond acceptors (Lipinski definition) is 4. The summed E-state index contributed by atoms with van der Waals surface area (Å²) in [5.41, 5.74) is 1.74. The average molecular weight is 357 g/mol. The van der Waals surface area contributed by atoms with Crippen LogP contribution in [0.15, 0.2) is 45.7 Å². The Morgan fingerprint density at radius 2 is 2.24 bits per heavy atom. The van der Waals surface area contributed by atoms with E-state index in [1.54, 1.807) is 23.9 Å². The number of aryl methyl sites for hydroxylation is 1. The number of aromatic nitrogens is 2. The highest BCUT2D eigenvalue weighted by Crippen LogP contribution is 2.36. The zero-order valence-electron chi connectivity index (χ0n) is 13.5. The van der Waals surface area contributed by atoms with E-state index in [1.165, 1.54) is 12.1 Å². The van der Waals surface area contributed by atoms with Gasteiger partial charge >= 0.3 is 0 Å². The van der Waals surface area contributed by atoms with E-state index in [2.05, 4.69) is 15.5 Å². The van der Waals surface area contributed by atoms with Crippen molar-refractivity contribution in [1.29, 1.82) is 0 Å². The van der Waals surface area contributed by atoms with Gasteiger partial charge in [-0.05, 0) is 49.2 Å². The summed E-state index contributed by atoms with van der Waals surface area (Å²) in [4.78, 5) is 13.5. The lowest BCUT2D eigenvalue weighted by atomic mass is 10.0. The molecular weight excluding hydrogens is 341 g/mol. The van der Waals surface area contributed by atoms with Gasteiger partial charge in [0, 0.05) is 16.7 Å². The third-order valence-corrected chi connectivity index (χ3v) is 5.26. The number of aromatic amines is 1. The molecule has 3 aromatic rings. The van der Waals surface area contributed by atoms with Crippen LogP contribution in [0, 0.1) is 12.7 Å². The molecule has 0 saturated heterocycles. The van der Waals surface area contributed by atoms with Crippen LogP contribution in [0.25, 0.3) is 11.5 Å². The number of furan rings is 1. The third-order valence-electron chi connectivity index (χ3n) is 4.13. The summed E-state index contributed by atoms with van der Waals surface area (Å²) in [6.07, 6.45) is 0.752. The molecule has 1 unspecified atom stereocenters. The third kappa shape index (κ3) is 3.19. The molecule has 1 amide bonds. The van der Waals surface area contributed by atoms with E-state index in [1.807, 2.05) is 19.1 Å². The molecule has 0 bridgehead atoms. The second kappa shape index (κ2) is 6.40. The van der Waals surface area contributed by atoms with Crippen molar-refractivity contribution in [3.8, 4) is 11.5 Å². The van der Waals surface area contributed by atoms with Gasteiger partial charge in [-0.15, -0.1) is 11.8 Å². The summed E-state index contributed by atoms with van der Waals surface area (Å²) in [6, 6.07) is 9.81. The van der Waals surface area contributed by atoms with Crippen molar-refractivity contribution in [2.75, 3.05) is 5.75 Å². The van der Waals surface area contributed by atoms with Gasteiger partial charge in [-0.1, -0.05) is 0 Å². The van der Waals surface area contributed by atoms with E-state index in [4.69, 9.17) is 4.42 Å². The number of thioether (sulfide) groups is 1. The fourth-order valence-electron chi connectivity index (χ4n) is 2.89. The van der Waals surface area contributed by atoms with E-state index >= 15 is 0 Å². The number of hydrogen-bond donors (Lipinski definition) is 2. The summed E-state index contributed by atoms with van der Waals surface area (Å²) >= 11 is 1.68. The summed E-state index contributed by atoms with van der Waals surface area (Å²) in [7, 11) is 0. The largest absolute Gasteiger partial charge is 0.460 e. The van der Waals surface area contributed by atoms with Crippen LogP contribution in [0.1, 0.15) is 34.3 Å². The molecule has 4 rings (SSSR count). The van der Waals surface area contributed by atoms with Gasteiger partial charge in [-0.2, -0.15) is 5.10 Å². The molecule has 1 aromatic carbocycles. The summed E-state index contributed by atoms with van der Waals surface area (Å²) in [6.45, 7) is 1.85. The SMILES string of the molecule is Cc1ccc(-c2cc(C(=O)NC3CCSc4ccc(F)cc43)n[nH]2)o1. The Balaban J connectivity index is 1.54. The maximum absolute atomic E-state index is 13.6. The maximum Gasteiger partial charge on any atom is 0.272 e. The Bertz CT molecular complexity index is 934. The Morgan fingerprint density at radius 3 is 3.04 bits per heavy atom. The molecule has 0 aliphatic carbocycles. The van der Waals surface area contributed by atoms with Gasteiger partial charge in [0.15, 0.2) is 11.5 Å². The van der Waals surface area contributed by atoms with Crippen LogP contribution < -0.4 is 5.32 Å². The molecular formula is C18H16FN3O2S. The number of nitrogens with zero attached hydrogens (tertiary/aromatic N) is 1. The van der Waals surface area contributed by atoms with Crippen LogP contribution in [-0.4, -0.2) is 21.9 Å². The van der Waals surface area contributed by atoms with Gasteiger partial charge in [0.1, 0.15) is 17.3 Å². The van der Waals surface area contributed by atoms with Crippen molar-refractivity contribution < 1.29 is 13.6 Å². The van der Waals surface area contributed by atoms with Crippen molar-refractivity contribution in [2.24, 2.45) is 0 Å². The lowest BCUT2D eigenvalue weighted by Gasteiger charge is -2.25. The van der Waals surface area contributed by atoms with Gasteiger partial charge in [0.25, 0.3) is 5.91 Å². The molecule has 0 radical (unpaired) electrons.